The van der Waals surface area contributed by atoms with Crippen LogP contribution in [0.4, 0.5) is 0 Å². The van der Waals surface area contributed by atoms with Crippen LogP contribution in [0.5, 0.6) is 0 Å². The number of nitrogens with one attached hydrogen (secondary N) is 1. The normalized spacial score (nSPS) is 34.9. The van der Waals surface area contributed by atoms with Gasteiger partial charge in [0.05, 0.1) is 5.60 Å². The van der Waals surface area contributed by atoms with Crippen LogP contribution in [0.1, 0.15) is 40.0 Å². The molecule has 3 heteroatoms. The monoisotopic (exact) mass is 240 g/mol. The molecule has 1 N–H and O–H groups in total. The van der Waals surface area contributed by atoms with Crippen molar-refractivity contribution in [3.63, 3.8) is 0 Å². The molecule has 0 saturated carbocycles. The van der Waals surface area contributed by atoms with Gasteiger partial charge in [-0.3, -0.25) is 0 Å². The lowest BCUT2D eigenvalue weighted by atomic mass is 9.83. The highest BCUT2D eigenvalue weighted by molar-refractivity contribution is 4.92. The lowest BCUT2D eigenvalue weighted by Crippen LogP contribution is -2.58. The summed E-state index contributed by atoms with van der Waals surface area (Å²) in [5, 5.41) is 3.82. The van der Waals surface area contributed by atoms with Crippen LogP contribution in [-0.2, 0) is 4.74 Å². The molecule has 3 heterocycles. The molecular weight excluding hydrogens is 212 g/mol. The molecule has 3 aliphatic rings. The van der Waals surface area contributed by atoms with Crippen molar-refractivity contribution in [1.29, 1.82) is 0 Å². The molecule has 0 radical (unpaired) electrons. The smallest absolute Gasteiger partial charge is 0.0637 e. The number of fused-ring (bicyclic) bond motifs is 3. The van der Waals surface area contributed by atoms with E-state index in [0.29, 0.717) is 12.1 Å². The van der Waals surface area contributed by atoms with Gasteiger partial charge in [-0.2, -0.15) is 0 Å². The molecule has 0 aromatic rings. The minimum Gasteiger partial charge on any atom is -0.379 e. The summed E-state index contributed by atoms with van der Waals surface area (Å²) in [6.45, 7) is 10.5. The van der Waals surface area contributed by atoms with Gasteiger partial charge >= 0.3 is 0 Å². The van der Waals surface area contributed by atoms with E-state index in [2.05, 4.69) is 31.0 Å². The standard InChI is InChI=1S/C14H28N2O/c1-11(9-14(2,3)17-4)15-13-10-16-7-5-12(13)6-8-16/h11-13,15H,5-10H2,1-4H3. The molecule has 100 valence electrons. The van der Waals surface area contributed by atoms with E-state index in [1.54, 1.807) is 7.11 Å². The molecular formula is C14H28N2O. The highest BCUT2D eigenvalue weighted by Gasteiger charge is 2.35. The van der Waals surface area contributed by atoms with Crippen molar-refractivity contribution >= 4 is 0 Å². The summed E-state index contributed by atoms with van der Waals surface area (Å²) >= 11 is 0. The zero-order valence-electron chi connectivity index (χ0n) is 11.8. The maximum atomic E-state index is 5.51. The van der Waals surface area contributed by atoms with E-state index < -0.39 is 0 Å². The zero-order valence-corrected chi connectivity index (χ0v) is 11.8. The molecule has 3 aliphatic heterocycles. The SMILES string of the molecule is COC(C)(C)CC(C)NC1CN2CCC1CC2. The number of ether oxygens (including phenoxy) is 1. The lowest BCUT2D eigenvalue weighted by molar-refractivity contribution is 0.00234. The van der Waals surface area contributed by atoms with Crippen molar-refractivity contribution in [3.05, 3.63) is 0 Å². The first kappa shape index (κ1) is 13.3. The molecule has 0 spiro atoms. The first-order valence-electron chi connectivity index (χ1n) is 7.04. The third-order valence-corrected chi connectivity index (χ3v) is 4.51. The predicted octanol–water partition coefficient (Wildman–Crippen LogP) is 1.87. The van der Waals surface area contributed by atoms with E-state index in [-0.39, 0.29) is 5.60 Å². The van der Waals surface area contributed by atoms with Crippen molar-refractivity contribution in [2.45, 2.75) is 57.7 Å². The molecule has 2 unspecified atom stereocenters. The minimum absolute atomic E-state index is 0.0135. The van der Waals surface area contributed by atoms with Crippen molar-refractivity contribution in [3.8, 4) is 0 Å². The van der Waals surface area contributed by atoms with Crippen LogP contribution in [0.3, 0.4) is 0 Å². The largest absolute Gasteiger partial charge is 0.379 e. The van der Waals surface area contributed by atoms with Crippen LogP contribution in [0.15, 0.2) is 0 Å². The molecule has 2 bridgehead atoms. The molecule has 17 heavy (non-hydrogen) atoms. The van der Waals surface area contributed by atoms with E-state index >= 15 is 0 Å². The van der Waals surface area contributed by atoms with Crippen LogP contribution in [-0.4, -0.2) is 49.3 Å². The first-order valence-corrected chi connectivity index (χ1v) is 7.04. The van der Waals surface area contributed by atoms with Crippen LogP contribution in [0.25, 0.3) is 0 Å². The second kappa shape index (κ2) is 5.25. The van der Waals surface area contributed by atoms with Gasteiger partial charge in [0.25, 0.3) is 0 Å². The molecule has 0 aromatic carbocycles. The maximum Gasteiger partial charge on any atom is 0.0637 e. The number of piperidine rings is 3. The average Bonchev–Trinajstić information content (AvgIpc) is 2.29. The van der Waals surface area contributed by atoms with Gasteiger partial charge < -0.3 is 15.0 Å². The van der Waals surface area contributed by atoms with Gasteiger partial charge in [-0.15, -0.1) is 0 Å². The summed E-state index contributed by atoms with van der Waals surface area (Å²) in [4.78, 5) is 2.60. The summed E-state index contributed by atoms with van der Waals surface area (Å²) in [6, 6.07) is 1.25. The Morgan fingerprint density at radius 3 is 2.47 bits per heavy atom. The second-order valence-corrected chi connectivity index (χ2v) is 6.48. The molecule has 2 atom stereocenters. The Morgan fingerprint density at radius 1 is 1.35 bits per heavy atom. The van der Waals surface area contributed by atoms with E-state index in [4.69, 9.17) is 4.74 Å². The summed E-state index contributed by atoms with van der Waals surface area (Å²) < 4.78 is 5.51. The fourth-order valence-corrected chi connectivity index (χ4v) is 3.40. The molecule has 0 aliphatic carbocycles. The Hall–Kier alpha value is -0.120. The second-order valence-electron chi connectivity index (χ2n) is 6.48. The van der Waals surface area contributed by atoms with Crippen molar-refractivity contribution in [1.82, 2.24) is 10.2 Å². The van der Waals surface area contributed by atoms with Crippen molar-refractivity contribution in [2.24, 2.45) is 5.92 Å². The van der Waals surface area contributed by atoms with Crippen LogP contribution in [0.2, 0.25) is 0 Å². The van der Waals surface area contributed by atoms with Crippen LogP contribution < -0.4 is 5.32 Å². The summed E-state index contributed by atoms with van der Waals surface area (Å²) in [5.74, 6) is 0.910. The molecule has 0 amide bonds. The number of hydrogen-bond donors (Lipinski definition) is 1. The molecule has 3 rings (SSSR count). The van der Waals surface area contributed by atoms with Crippen molar-refractivity contribution in [2.75, 3.05) is 26.7 Å². The highest BCUT2D eigenvalue weighted by Crippen LogP contribution is 2.28. The lowest BCUT2D eigenvalue weighted by Gasteiger charge is -2.46. The Kier molecular flexibility index (Phi) is 4.11. The van der Waals surface area contributed by atoms with Gasteiger partial charge in [0, 0.05) is 25.7 Å². The quantitative estimate of drug-likeness (QED) is 0.794. The number of methoxy groups -OCH3 is 1. The van der Waals surface area contributed by atoms with Gasteiger partial charge in [-0.1, -0.05) is 0 Å². The Bertz CT molecular complexity index is 247. The summed E-state index contributed by atoms with van der Waals surface area (Å²) in [7, 11) is 1.81. The fourth-order valence-electron chi connectivity index (χ4n) is 3.40. The van der Waals surface area contributed by atoms with E-state index in [1.165, 1.54) is 32.5 Å². The Balaban J connectivity index is 1.81. The summed E-state index contributed by atoms with van der Waals surface area (Å²) in [5.41, 5.74) is -0.0135. The molecule has 3 fully saturated rings. The van der Waals surface area contributed by atoms with Gasteiger partial charge in [-0.05, 0) is 59.0 Å². The zero-order chi connectivity index (χ0) is 12.5. The number of rotatable bonds is 5. The predicted molar refractivity (Wildman–Crippen MR) is 71.3 cm³/mol. The third kappa shape index (κ3) is 3.43. The van der Waals surface area contributed by atoms with E-state index in [9.17, 15) is 0 Å². The number of nitrogens with zero attached hydrogens (tertiary/aromatic N) is 1. The maximum absolute atomic E-state index is 5.51. The molecule has 3 saturated heterocycles. The average molecular weight is 240 g/mol. The molecule has 0 aromatic heterocycles. The van der Waals surface area contributed by atoms with E-state index in [1.807, 2.05) is 0 Å². The van der Waals surface area contributed by atoms with Crippen molar-refractivity contribution < 1.29 is 4.74 Å². The van der Waals surface area contributed by atoms with E-state index in [0.717, 1.165) is 12.3 Å². The third-order valence-electron chi connectivity index (χ3n) is 4.51. The number of hydrogen-bond acceptors (Lipinski definition) is 3. The molecule has 3 nitrogen and oxygen atoms in total. The van der Waals surface area contributed by atoms with Gasteiger partial charge in [-0.25, -0.2) is 0 Å². The van der Waals surface area contributed by atoms with Gasteiger partial charge in [0.2, 0.25) is 0 Å². The Labute approximate surface area is 106 Å². The van der Waals surface area contributed by atoms with Gasteiger partial charge in [0.1, 0.15) is 0 Å². The van der Waals surface area contributed by atoms with Crippen LogP contribution >= 0.6 is 0 Å². The first-order chi connectivity index (χ1) is 8.00. The Morgan fingerprint density at radius 2 is 2.00 bits per heavy atom. The fraction of sp³-hybridized carbons (Fsp3) is 1.00. The minimum atomic E-state index is -0.0135. The highest BCUT2D eigenvalue weighted by atomic mass is 16.5. The van der Waals surface area contributed by atoms with Crippen LogP contribution in [0, 0.1) is 5.92 Å². The van der Waals surface area contributed by atoms with Gasteiger partial charge in [0.15, 0.2) is 0 Å². The summed E-state index contributed by atoms with van der Waals surface area (Å²) in [6.07, 6.45) is 3.85. The topological polar surface area (TPSA) is 24.5 Å².